The number of nitrogens with zero attached hydrogens (tertiary/aromatic N) is 1. The van der Waals surface area contributed by atoms with E-state index >= 15 is 0 Å². The number of rotatable bonds is 4. The van der Waals surface area contributed by atoms with E-state index in [9.17, 15) is 0 Å². The van der Waals surface area contributed by atoms with Crippen molar-refractivity contribution in [2.24, 2.45) is 5.73 Å². The molecule has 82 valence electrons. The monoisotopic (exact) mass is 238 g/mol. The zero-order valence-corrected chi connectivity index (χ0v) is 9.68. The molecule has 0 aliphatic rings. The fourth-order valence-electron chi connectivity index (χ4n) is 1.01. The Kier molecular flexibility index (Phi) is 10.6. The summed E-state index contributed by atoms with van der Waals surface area (Å²) in [6, 6.07) is 3.91. The minimum absolute atomic E-state index is 0. The van der Waals surface area contributed by atoms with E-state index in [-0.39, 0.29) is 30.9 Å². The fraction of sp³-hybridized carbons (Fsp3) is 0.444. The van der Waals surface area contributed by atoms with Crippen molar-refractivity contribution in [1.29, 1.82) is 0 Å². The largest absolute Gasteiger partial charge is 0.385 e. The van der Waals surface area contributed by atoms with Gasteiger partial charge in [0.15, 0.2) is 0 Å². The van der Waals surface area contributed by atoms with Crippen LogP contribution in [0.2, 0.25) is 0 Å². The van der Waals surface area contributed by atoms with Crippen LogP contribution < -0.4 is 5.73 Å². The number of pyridine rings is 1. The van der Waals surface area contributed by atoms with Crippen molar-refractivity contribution in [3.63, 3.8) is 0 Å². The van der Waals surface area contributed by atoms with E-state index in [1.807, 2.05) is 12.1 Å². The molecule has 0 saturated carbocycles. The molecule has 1 atom stereocenters. The van der Waals surface area contributed by atoms with E-state index in [0.29, 0.717) is 6.61 Å². The second-order valence-electron chi connectivity index (χ2n) is 2.67. The molecule has 3 nitrogen and oxygen atoms in total. The zero-order chi connectivity index (χ0) is 8.81. The first-order valence-electron chi connectivity index (χ1n) is 3.99. The Morgan fingerprint density at radius 2 is 2.21 bits per heavy atom. The van der Waals surface area contributed by atoms with Crippen LogP contribution in [0.1, 0.15) is 18.0 Å². The molecule has 0 aliphatic carbocycles. The molecule has 1 heterocycles. The summed E-state index contributed by atoms with van der Waals surface area (Å²) in [5.41, 5.74) is 6.93. The zero-order valence-electron chi connectivity index (χ0n) is 8.05. The minimum Gasteiger partial charge on any atom is -0.385 e. The highest BCUT2D eigenvalue weighted by molar-refractivity contribution is 5.85. The van der Waals surface area contributed by atoms with Gasteiger partial charge in [-0.05, 0) is 18.1 Å². The van der Waals surface area contributed by atoms with Gasteiger partial charge in [-0.1, -0.05) is 6.07 Å². The molecule has 14 heavy (non-hydrogen) atoms. The second-order valence-corrected chi connectivity index (χ2v) is 2.67. The SMILES string of the molecule is COCCC(N)c1cccnc1.Cl.Cl. The van der Waals surface area contributed by atoms with Crippen molar-refractivity contribution in [3.05, 3.63) is 30.1 Å². The van der Waals surface area contributed by atoms with E-state index in [0.717, 1.165) is 12.0 Å². The molecule has 0 bridgehead atoms. The molecule has 1 aromatic rings. The van der Waals surface area contributed by atoms with Crippen LogP contribution >= 0.6 is 24.8 Å². The number of aromatic nitrogens is 1. The first-order valence-corrected chi connectivity index (χ1v) is 3.99. The number of ether oxygens (including phenoxy) is 1. The molecule has 0 amide bonds. The Hall–Kier alpha value is -0.350. The Bertz CT molecular complexity index is 221. The summed E-state index contributed by atoms with van der Waals surface area (Å²) in [6.45, 7) is 0.691. The van der Waals surface area contributed by atoms with Crippen molar-refractivity contribution < 1.29 is 4.74 Å². The van der Waals surface area contributed by atoms with Crippen molar-refractivity contribution in [2.75, 3.05) is 13.7 Å². The van der Waals surface area contributed by atoms with Crippen LogP contribution in [0.15, 0.2) is 24.5 Å². The third-order valence-electron chi connectivity index (χ3n) is 1.75. The van der Waals surface area contributed by atoms with Crippen molar-refractivity contribution in [1.82, 2.24) is 4.98 Å². The lowest BCUT2D eigenvalue weighted by Gasteiger charge is -2.09. The molecule has 2 N–H and O–H groups in total. The first-order chi connectivity index (χ1) is 5.84. The maximum atomic E-state index is 5.86. The average Bonchev–Trinajstić information content (AvgIpc) is 2.15. The van der Waals surface area contributed by atoms with E-state index in [4.69, 9.17) is 10.5 Å². The van der Waals surface area contributed by atoms with Gasteiger partial charge in [-0.25, -0.2) is 0 Å². The Labute approximate surface area is 96.9 Å². The average molecular weight is 239 g/mol. The van der Waals surface area contributed by atoms with Crippen LogP contribution in [0, 0.1) is 0 Å². The summed E-state index contributed by atoms with van der Waals surface area (Å²) in [4.78, 5) is 3.99. The lowest BCUT2D eigenvalue weighted by molar-refractivity contribution is 0.188. The molecule has 1 aromatic heterocycles. The maximum Gasteiger partial charge on any atom is 0.0480 e. The summed E-state index contributed by atoms with van der Waals surface area (Å²) >= 11 is 0. The van der Waals surface area contributed by atoms with Gasteiger partial charge in [-0.2, -0.15) is 0 Å². The van der Waals surface area contributed by atoms with Gasteiger partial charge in [0.05, 0.1) is 0 Å². The van der Waals surface area contributed by atoms with Gasteiger partial charge in [-0.3, -0.25) is 4.98 Å². The van der Waals surface area contributed by atoms with Crippen LogP contribution in [0.3, 0.4) is 0 Å². The molecule has 0 radical (unpaired) electrons. The predicted octanol–water partition coefficient (Wildman–Crippen LogP) is 1.96. The van der Waals surface area contributed by atoms with Gasteiger partial charge in [-0.15, -0.1) is 24.8 Å². The van der Waals surface area contributed by atoms with Crippen molar-refractivity contribution in [3.8, 4) is 0 Å². The van der Waals surface area contributed by atoms with Crippen LogP contribution in [0.4, 0.5) is 0 Å². The van der Waals surface area contributed by atoms with Gasteiger partial charge in [0.1, 0.15) is 0 Å². The molecule has 0 fully saturated rings. The number of nitrogens with two attached hydrogens (primary N) is 1. The number of hydrogen-bond acceptors (Lipinski definition) is 3. The van der Waals surface area contributed by atoms with Crippen LogP contribution in [-0.4, -0.2) is 18.7 Å². The highest BCUT2D eigenvalue weighted by Crippen LogP contribution is 2.11. The maximum absolute atomic E-state index is 5.86. The van der Waals surface area contributed by atoms with Crippen molar-refractivity contribution in [2.45, 2.75) is 12.5 Å². The Balaban J connectivity index is 0. The number of halogens is 2. The van der Waals surface area contributed by atoms with Crippen LogP contribution in [0.5, 0.6) is 0 Å². The molecular formula is C9H16Cl2N2O. The molecule has 0 aromatic carbocycles. The third-order valence-corrected chi connectivity index (χ3v) is 1.75. The number of hydrogen-bond donors (Lipinski definition) is 1. The van der Waals surface area contributed by atoms with Gasteiger partial charge in [0.2, 0.25) is 0 Å². The quantitative estimate of drug-likeness (QED) is 0.873. The minimum atomic E-state index is 0. The predicted molar refractivity (Wildman–Crippen MR) is 62.2 cm³/mol. The van der Waals surface area contributed by atoms with Gasteiger partial charge in [0.25, 0.3) is 0 Å². The van der Waals surface area contributed by atoms with Gasteiger partial charge in [0, 0.05) is 32.2 Å². The third kappa shape index (κ3) is 5.40. The molecule has 1 rings (SSSR count). The highest BCUT2D eigenvalue weighted by atomic mass is 35.5. The fourth-order valence-corrected chi connectivity index (χ4v) is 1.01. The Morgan fingerprint density at radius 3 is 2.71 bits per heavy atom. The van der Waals surface area contributed by atoms with E-state index < -0.39 is 0 Å². The highest BCUT2D eigenvalue weighted by Gasteiger charge is 2.03. The lowest BCUT2D eigenvalue weighted by Crippen LogP contribution is -2.12. The normalized spacial score (nSPS) is 11.0. The molecule has 0 saturated heterocycles. The van der Waals surface area contributed by atoms with Crippen LogP contribution in [-0.2, 0) is 4.74 Å². The summed E-state index contributed by atoms with van der Waals surface area (Å²) in [5.74, 6) is 0. The van der Waals surface area contributed by atoms with Gasteiger partial charge >= 0.3 is 0 Å². The van der Waals surface area contributed by atoms with Gasteiger partial charge < -0.3 is 10.5 Å². The topological polar surface area (TPSA) is 48.1 Å². The summed E-state index contributed by atoms with van der Waals surface area (Å²) in [7, 11) is 1.68. The second kappa shape index (κ2) is 9.21. The smallest absolute Gasteiger partial charge is 0.0480 e. The van der Waals surface area contributed by atoms with E-state index in [1.54, 1.807) is 19.5 Å². The van der Waals surface area contributed by atoms with Crippen molar-refractivity contribution >= 4 is 24.8 Å². The Morgan fingerprint density at radius 1 is 1.50 bits per heavy atom. The van der Waals surface area contributed by atoms with Crippen LogP contribution in [0.25, 0.3) is 0 Å². The molecule has 5 heteroatoms. The summed E-state index contributed by atoms with van der Waals surface area (Å²) in [6.07, 6.45) is 4.37. The van der Waals surface area contributed by atoms with E-state index in [1.165, 1.54) is 0 Å². The molecule has 0 aliphatic heterocycles. The number of methoxy groups -OCH3 is 1. The molecule has 0 spiro atoms. The summed E-state index contributed by atoms with van der Waals surface area (Å²) in [5, 5.41) is 0. The molecular weight excluding hydrogens is 223 g/mol. The first kappa shape index (κ1) is 16.1. The molecule has 1 unspecified atom stereocenters. The standard InChI is InChI=1S/C9H14N2O.2ClH/c1-12-6-4-9(10)8-3-2-5-11-7-8;;/h2-3,5,7,9H,4,6,10H2,1H3;2*1H. The summed E-state index contributed by atoms with van der Waals surface area (Å²) < 4.78 is 4.93. The van der Waals surface area contributed by atoms with E-state index in [2.05, 4.69) is 4.98 Å². The lowest BCUT2D eigenvalue weighted by atomic mass is 10.1.